The van der Waals surface area contributed by atoms with Gasteiger partial charge in [0.15, 0.2) is 0 Å². The lowest BCUT2D eigenvalue weighted by Crippen LogP contribution is -2.43. The Hall–Kier alpha value is -0.180. The van der Waals surface area contributed by atoms with Crippen LogP contribution < -0.4 is 0 Å². The highest BCUT2D eigenvalue weighted by Gasteiger charge is 2.56. The Kier molecular flexibility index (Phi) is 4.92. The summed E-state index contributed by atoms with van der Waals surface area (Å²) in [6, 6.07) is 0. The van der Waals surface area contributed by atoms with Crippen LogP contribution in [0.4, 0.5) is 8.78 Å². The molecule has 1 aliphatic heterocycles. The fourth-order valence-electron chi connectivity index (χ4n) is 6.41. The molecule has 8 atom stereocenters. The molecule has 24 heavy (non-hydrogen) atoms. The molecule has 0 N–H and O–H groups in total. The highest BCUT2D eigenvalue weighted by Crippen LogP contribution is 2.52. The average Bonchev–Trinajstić information content (AvgIpc) is 2.88. The first kappa shape index (κ1) is 17.2. The van der Waals surface area contributed by atoms with E-state index < -0.39 is 12.3 Å². The summed E-state index contributed by atoms with van der Waals surface area (Å²) in [5.74, 6) is 2.10. The molecule has 1 heterocycles. The van der Waals surface area contributed by atoms with Crippen molar-refractivity contribution in [2.24, 2.45) is 35.5 Å². The molecular weight excluding hydrogens is 306 g/mol. The molecule has 0 aromatic heterocycles. The Labute approximate surface area is 145 Å². The van der Waals surface area contributed by atoms with Crippen LogP contribution in [0, 0.1) is 35.5 Å². The Bertz CT molecular complexity index is 434. The molecule has 0 spiro atoms. The molecular formula is C21H34F2O. The molecule has 1 nitrogen and oxygen atoms in total. The van der Waals surface area contributed by atoms with E-state index in [1.807, 2.05) is 6.92 Å². The first-order chi connectivity index (χ1) is 11.6. The van der Waals surface area contributed by atoms with Crippen molar-refractivity contribution < 1.29 is 13.5 Å². The van der Waals surface area contributed by atoms with E-state index in [-0.39, 0.29) is 35.9 Å². The van der Waals surface area contributed by atoms with Crippen molar-refractivity contribution in [3.05, 3.63) is 0 Å². The molecule has 138 valence electrons. The number of ether oxygens (including phenoxy) is 1. The molecule has 8 unspecified atom stereocenters. The lowest BCUT2D eigenvalue weighted by atomic mass is 9.65. The number of hydrogen-bond donors (Lipinski definition) is 0. The van der Waals surface area contributed by atoms with Crippen LogP contribution in [0.1, 0.15) is 71.6 Å². The van der Waals surface area contributed by atoms with Gasteiger partial charge < -0.3 is 4.74 Å². The molecule has 3 aliphatic carbocycles. The molecule has 4 rings (SSSR count). The van der Waals surface area contributed by atoms with Crippen molar-refractivity contribution in [3.8, 4) is 0 Å². The van der Waals surface area contributed by atoms with Gasteiger partial charge in [-0.15, -0.1) is 0 Å². The Morgan fingerprint density at radius 1 is 0.667 bits per heavy atom. The topological polar surface area (TPSA) is 9.23 Å². The number of hydrogen-bond acceptors (Lipinski definition) is 1. The highest BCUT2D eigenvalue weighted by molar-refractivity contribution is 5.03. The monoisotopic (exact) mass is 340 g/mol. The third-order valence-corrected chi connectivity index (χ3v) is 7.98. The lowest BCUT2D eigenvalue weighted by Gasteiger charge is -2.41. The van der Waals surface area contributed by atoms with Crippen LogP contribution in [-0.4, -0.2) is 24.6 Å². The molecule has 3 heteroatoms. The summed E-state index contributed by atoms with van der Waals surface area (Å²) >= 11 is 0. The van der Waals surface area contributed by atoms with Crippen molar-refractivity contribution in [3.63, 3.8) is 0 Å². The first-order valence-electron chi connectivity index (χ1n) is 10.5. The molecule has 4 aliphatic rings. The van der Waals surface area contributed by atoms with Crippen molar-refractivity contribution >= 4 is 0 Å². The third-order valence-electron chi connectivity index (χ3n) is 7.98. The van der Waals surface area contributed by atoms with Crippen LogP contribution in [0.25, 0.3) is 0 Å². The second-order valence-electron chi connectivity index (χ2n) is 9.45. The van der Waals surface area contributed by atoms with E-state index in [0.717, 1.165) is 38.0 Å². The van der Waals surface area contributed by atoms with E-state index in [2.05, 4.69) is 6.92 Å². The zero-order chi connectivity index (χ0) is 16.8. The van der Waals surface area contributed by atoms with Gasteiger partial charge in [0, 0.05) is 0 Å². The Balaban J connectivity index is 1.47. The molecule has 0 bridgehead atoms. The van der Waals surface area contributed by atoms with Gasteiger partial charge in [0.2, 0.25) is 0 Å². The maximum absolute atomic E-state index is 15.4. The fourth-order valence-corrected chi connectivity index (χ4v) is 6.41. The largest absolute Gasteiger partial charge is 0.368 e. The molecule has 1 saturated heterocycles. The highest BCUT2D eigenvalue weighted by atomic mass is 19.1. The minimum atomic E-state index is -0.899. The van der Waals surface area contributed by atoms with Gasteiger partial charge in [-0.3, -0.25) is 0 Å². The SMILES string of the molecule is CC1CCC(C2CCC3C4CCCC(C)C(F)C4OC3C2F)CC1. The molecule has 0 aromatic rings. The third kappa shape index (κ3) is 2.93. The second-order valence-corrected chi connectivity index (χ2v) is 9.45. The normalized spacial score (nSPS) is 55.5. The molecule has 3 saturated carbocycles. The number of fused-ring (bicyclic) bond motifs is 3. The summed E-state index contributed by atoms with van der Waals surface area (Å²) in [6.07, 6.45) is 7.57. The van der Waals surface area contributed by atoms with E-state index in [1.165, 1.54) is 25.7 Å². The van der Waals surface area contributed by atoms with Crippen molar-refractivity contribution in [1.82, 2.24) is 0 Å². The van der Waals surface area contributed by atoms with Gasteiger partial charge in [-0.2, -0.15) is 0 Å². The van der Waals surface area contributed by atoms with E-state index in [1.54, 1.807) is 0 Å². The van der Waals surface area contributed by atoms with Gasteiger partial charge in [0.05, 0.1) is 12.2 Å². The predicted octanol–water partition coefficient (Wildman–Crippen LogP) is 5.72. The summed E-state index contributed by atoms with van der Waals surface area (Å²) in [7, 11) is 0. The standard InChI is InChI=1S/C21H34F2O/c1-12-6-8-14(9-7-12)15-10-11-17-16-5-3-4-13(2)18(22)20(16)24-21(17)19(15)23/h12-21H,3-11H2,1-2H3. The zero-order valence-electron chi connectivity index (χ0n) is 15.3. The molecule has 0 radical (unpaired) electrons. The van der Waals surface area contributed by atoms with Gasteiger partial charge in [-0.1, -0.05) is 33.1 Å². The lowest BCUT2D eigenvalue weighted by molar-refractivity contribution is -0.0890. The van der Waals surface area contributed by atoms with Crippen molar-refractivity contribution in [1.29, 1.82) is 0 Å². The predicted molar refractivity (Wildman–Crippen MR) is 92.3 cm³/mol. The minimum Gasteiger partial charge on any atom is -0.368 e. The summed E-state index contributed by atoms with van der Waals surface area (Å²) in [4.78, 5) is 0. The van der Waals surface area contributed by atoms with Crippen LogP contribution in [0.2, 0.25) is 0 Å². The van der Waals surface area contributed by atoms with Gasteiger partial charge in [0.1, 0.15) is 12.3 Å². The van der Waals surface area contributed by atoms with E-state index in [4.69, 9.17) is 4.74 Å². The zero-order valence-corrected chi connectivity index (χ0v) is 15.3. The smallest absolute Gasteiger partial charge is 0.130 e. The van der Waals surface area contributed by atoms with E-state index in [9.17, 15) is 4.39 Å². The quantitative estimate of drug-likeness (QED) is 0.593. The maximum Gasteiger partial charge on any atom is 0.130 e. The van der Waals surface area contributed by atoms with Gasteiger partial charge in [-0.25, -0.2) is 8.78 Å². The summed E-state index contributed by atoms with van der Waals surface area (Å²) in [6.45, 7) is 4.31. The van der Waals surface area contributed by atoms with Crippen LogP contribution in [0.15, 0.2) is 0 Å². The van der Waals surface area contributed by atoms with Gasteiger partial charge in [0.25, 0.3) is 0 Å². The Morgan fingerprint density at radius 2 is 1.29 bits per heavy atom. The first-order valence-corrected chi connectivity index (χ1v) is 10.5. The van der Waals surface area contributed by atoms with Crippen LogP contribution in [0.3, 0.4) is 0 Å². The summed E-state index contributed by atoms with van der Waals surface area (Å²) in [5, 5.41) is 0. The second kappa shape index (κ2) is 6.85. The number of halogens is 2. The number of rotatable bonds is 1. The average molecular weight is 340 g/mol. The minimum absolute atomic E-state index is 0.0637. The van der Waals surface area contributed by atoms with Crippen LogP contribution in [0.5, 0.6) is 0 Å². The van der Waals surface area contributed by atoms with Crippen LogP contribution >= 0.6 is 0 Å². The van der Waals surface area contributed by atoms with Crippen molar-refractivity contribution in [2.75, 3.05) is 0 Å². The summed E-state index contributed by atoms with van der Waals surface area (Å²) < 4.78 is 36.3. The summed E-state index contributed by atoms with van der Waals surface area (Å²) in [5.41, 5.74) is 0. The van der Waals surface area contributed by atoms with Crippen LogP contribution in [-0.2, 0) is 4.74 Å². The van der Waals surface area contributed by atoms with Crippen molar-refractivity contribution in [2.45, 2.75) is 96.2 Å². The van der Waals surface area contributed by atoms with E-state index in [0.29, 0.717) is 5.92 Å². The van der Waals surface area contributed by atoms with E-state index >= 15 is 4.39 Å². The van der Waals surface area contributed by atoms with Gasteiger partial charge in [-0.05, 0) is 74.0 Å². The molecule has 0 aromatic carbocycles. The van der Waals surface area contributed by atoms with Gasteiger partial charge >= 0.3 is 0 Å². The Morgan fingerprint density at radius 3 is 2.04 bits per heavy atom. The molecule has 0 amide bonds. The molecule has 4 fully saturated rings. The fraction of sp³-hybridized carbons (Fsp3) is 1.00. The maximum atomic E-state index is 15.4. The number of alkyl halides is 2.